The van der Waals surface area contributed by atoms with Crippen molar-refractivity contribution in [3.05, 3.63) is 57.6 Å². The zero-order valence-corrected chi connectivity index (χ0v) is 15.0. The number of rotatable bonds is 2. The molecule has 144 valence electrons. The van der Waals surface area contributed by atoms with E-state index in [1.807, 2.05) is 0 Å². The van der Waals surface area contributed by atoms with Gasteiger partial charge in [0.05, 0.1) is 22.8 Å². The SMILES string of the molecule is CC(=O)CC1(O)Cc2cc3c(c(O)c2C(O)C1)C(=O)c1c(O)cccc1C3=O. The molecular formula is C21H18O7. The van der Waals surface area contributed by atoms with Crippen molar-refractivity contribution in [3.63, 3.8) is 0 Å². The highest BCUT2D eigenvalue weighted by atomic mass is 16.3. The first-order valence-electron chi connectivity index (χ1n) is 8.83. The van der Waals surface area contributed by atoms with Gasteiger partial charge in [0.2, 0.25) is 5.78 Å². The van der Waals surface area contributed by atoms with E-state index in [9.17, 15) is 34.8 Å². The summed E-state index contributed by atoms with van der Waals surface area (Å²) in [6.07, 6.45) is -1.72. The summed E-state index contributed by atoms with van der Waals surface area (Å²) in [7, 11) is 0. The minimum atomic E-state index is -1.50. The van der Waals surface area contributed by atoms with E-state index in [1.54, 1.807) is 0 Å². The second-order valence-corrected chi connectivity index (χ2v) is 7.58. The molecule has 7 nitrogen and oxygen atoms in total. The first-order valence-corrected chi connectivity index (χ1v) is 8.83. The Hall–Kier alpha value is -3.03. The molecule has 2 unspecified atom stereocenters. The smallest absolute Gasteiger partial charge is 0.201 e. The van der Waals surface area contributed by atoms with Crippen LogP contribution in [-0.4, -0.2) is 43.4 Å². The fourth-order valence-electron chi connectivity index (χ4n) is 4.39. The van der Waals surface area contributed by atoms with E-state index in [1.165, 1.54) is 31.2 Å². The minimum Gasteiger partial charge on any atom is -0.507 e. The Kier molecular flexibility index (Phi) is 3.92. The van der Waals surface area contributed by atoms with Crippen LogP contribution in [-0.2, 0) is 11.2 Å². The Morgan fingerprint density at radius 3 is 2.54 bits per heavy atom. The average molecular weight is 382 g/mol. The van der Waals surface area contributed by atoms with Crippen LogP contribution in [0.25, 0.3) is 0 Å². The Balaban J connectivity index is 1.92. The number of aliphatic hydroxyl groups excluding tert-OH is 1. The van der Waals surface area contributed by atoms with Crippen LogP contribution in [0, 0.1) is 0 Å². The van der Waals surface area contributed by atoms with Gasteiger partial charge in [-0.05, 0) is 24.6 Å². The Labute approximate surface area is 159 Å². The van der Waals surface area contributed by atoms with Gasteiger partial charge in [-0.1, -0.05) is 12.1 Å². The Morgan fingerprint density at radius 1 is 1.14 bits per heavy atom. The van der Waals surface area contributed by atoms with E-state index < -0.39 is 29.0 Å². The Morgan fingerprint density at radius 2 is 1.86 bits per heavy atom. The maximum Gasteiger partial charge on any atom is 0.201 e. The lowest BCUT2D eigenvalue weighted by Crippen LogP contribution is -2.40. The van der Waals surface area contributed by atoms with Gasteiger partial charge in [-0.15, -0.1) is 0 Å². The fraction of sp³-hybridized carbons (Fsp3) is 0.286. The van der Waals surface area contributed by atoms with Crippen molar-refractivity contribution in [1.82, 2.24) is 0 Å². The van der Waals surface area contributed by atoms with E-state index in [2.05, 4.69) is 0 Å². The van der Waals surface area contributed by atoms with Crippen LogP contribution in [0.15, 0.2) is 24.3 Å². The molecule has 2 atom stereocenters. The largest absolute Gasteiger partial charge is 0.507 e. The first kappa shape index (κ1) is 18.3. The summed E-state index contributed by atoms with van der Waals surface area (Å²) in [4.78, 5) is 37.3. The number of hydrogen-bond donors (Lipinski definition) is 4. The molecule has 7 heteroatoms. The van der Waals surface area contributed by atoms with Gasteiger partial charge in [-0.25, -0.2) is 0 Å². The second kappa shape index (κ2) is 5.98. The van der Waals surface area contributed by atoms with Gasteiger partial charge in [-0.2, -0.15) is 0 Å². The highest BCUT2D eigenvalue weighted by Crippen LogP contribution is 2.46. The summed E-state index contributed by atoms with van der Waals surface area (Å²) in [6, 6.07) is 5.51. The van der Waals surface area contributed by atoms with Crippen molar-refractivity contribution in [2.75, 3.05) is 0 Å². The summed E-state index contributed by atoms with van der Waals surface area (Å²) in [5.41, 5.74) is -1.62. The van der Waals surface area contributed by atoms with Gasteiger partial charge in [-0.3, -0.25) is 14.4 Å². The van der Waals surface area contributed by atoms with Crippen LogP contribution in [0.5, 0.6) is 11.5 Å². The first-order chi connectivity index (χ1) is 13.1. The van der Waals surface area contributed by atoms with E-state index in [4.69, 9.17) is 0 Å². The monoisotopic (exact) mass is 382 g/mol. The third kappa shape index (κ3) is 2.55. The number of fused-ring (bicyclic) bond motifs is 3. The molecule has 28 heavy (non-hydrogen) atoms. The van der Waals surface area contributed by atoms with Gasteiger partial charge < -0.3 is 20.4 Å². The molecule has 0 saturated heterocycles. The van der Waals surface area contributed by atoms with Crippen LogP contribution >= 0.6 is 0 Å². The number of aromatic hydroxyl groups is 2. The van der Waals surface area contributed by atoms with Crippen LogP contribution in [0.4, 0.5) is 0 Å². The molecule has 4 N–H and O–H groups in total. The van der Waals surface area contributed by atoms with Gasteiger partial charge >= 0.3 is 0 Å². The summed E-state index contributed by atoms with van der Waals surface area (Å²) in [5.74, 6) is -2.41. The average Bonchev–Trinajstić information content (AvgIpc) is 2.57. The molecule has 0 aliphatic heterocycles. The van der Waals surface area contributed by atoms with E-state index >= 15 is 0 Å². The molecule has 0 saturated carbocycles. The molecule has 0 amide bonds. The molecule has 2 aliphatic carbocycles. The number of aliphatic hydroxyl groups is 2. The molecule has 0 bridgehead atoms. The predicted octanol–water partition coefficient (Wildman–Crippen LogP) is 1.56. The van der Waals surface area contributed by atoms with Crippen molar-refractivity contribution < 1.29 is 34.8 Å². The summed E-state index contributed by atoms with van der Waals surface area (Å²) in [6.45, 7) is 1.33. The lowest BCUT2D eigenvalue weighted by Gasteiger charge is -2.37. The van der Waals surface area contributed by atoms with Crippen LogP contribution in [0.1, 0.15) is 68.8 Å². The lowest BCUT2D eigenvalue weighted by atomic mass is 9.72. The van der Waals surface area contributed by atoms with Crippen molar-refractivity contribution in [3.8, 4) is 11.5 Å². The topological polar surface area (TPSA) is 132 Å². The number of hydrogen-bond acceptors (Lipinski definition) is 7. The summed E-state index contributed by atoms with van der Waals surface area (Å²) in [5, 5.41) is 42.0. The third-order valence-electron chi connectivity index (χ3n) is 5.42. The van der Waals surface area contributed by atoms with Crippen molar-refractivity contribution in [2.24, 2.45) is 0 Å². The van der Waals surface area contributed by atoms with E-state index in [0.29, 0.717) is 5.56 Å². The number of ketones is 3. The molecule has 0 fully saturated rings. The molecule has 2 aromatic carbocycles. The summed E-state index contributed by atoms with van der Waals surface area (Å²) < 4.78 is 0. The number of carbonyl (C=O) groups is 3. The molecule has 0 radical (unpaired) electrons. The minimum absolute atomic E-state index is 0.0206. The maximum atomic E-state index is 12.9. The highest BCUT2D eigenvalue weighted by molar-refractivity contribution is 6.30. The van der Waals surface area contributed by atoms with Crippen molar-refractivity contribution >= 4 is 17.3 Å². The predicted molar refractivity (Wildman–Crippen MR) is 96.6 cm³/mol. The van der Waals surface area contributed by atoms with E-state index in [-0.39, 0.29) is 58.6 Å². The summed E-state index contributed by atoms with van der Waals surface area (Å²) >= 11 is 0. The zero-order chi connectivity index (χ0) is 20.4. The maximum absolute atomic E-state index is 12.9. The Bertz CT molecular complexity index is 1070. The van der Waals surface area contributed by atoms with Crippen molar-refractivity contribution in [1.29, 1.82) is 0 Å². The molecular weight excluding hydrogens is 364 g/mol. The van der Waals surface area contributed by atoms with Gasteiger partial charge in [0.15, 0.2) is 5.78 Å². The molecule has 0 heterocycles. The van der Waals surface area contributed by atoms with Gasteiger partial charge in [0.1, 0.15) is 17.3 Å². The molecule has 0 aromatic heterocycles. The molecule has 2 aromatic rings. The highest BCUT2D eigenvalue weighted by Gasteiger charge is 2.43. The van der Waals surface area contributed by atoms with Crippen LogP contribution in [0.3, 0.4) is 0 Å². The van der Waals surface area contributed by atoms with Crippen LogP contribution < -0.4 is 0 Å². The normalized spacial score (nSPS) is 23.0. The number of carbonyl (C=O) groups excluding carboxylic acids is 3. The number of Topliss-reactive ketones (excluding diaryl/α,β-unsaturated/α-hetero) is 1. The van der Waals surface area contributed by atoms with Gasteiger partial charge in [0.25, 0.3) is 0 Å². The zero-order valence-electron chi connectivity index (χ0n) is 15.0. The van der Waals surface area contributed by atoms with Crippen LogP contribution in [0.2, 0.25) is 0 Å². The number of benzene rings is 2. The second-order valence-electron chi connectivity index (χ2n) is 7.58. The standard InChI is InChI=1S/C21H18O7/c1-9(22)6-21(28)7-10-5-12-17(19(26)15(10)14(24)8-21)20(27)16-11(18(12)25)3-2-4-13(16)23/h2-5,14,23-24,26,28H,6-8H2,1H3. The quantitative estimate of drug-likeness (QED) is 0.529. The number of phenolic OH excluding ortho intramolecular Hbond substituents is 2. The fourth-order valence-corrected chi connectivity index (χ4v) is 4.39. The van der Waals surface area contributed by atoms with E-state index in [0.717, 1.165) is 0 Å². The van der Waals surface area contributed by atoms with Gasteiger partial charge in [0, 0.05) is 36.0 Å². The molecule has 2 aliphatic rings. The third-order valence-corrected chi connectivity index (χ3v) is 5.42. The molecule has 4 rings (SSSR count). The number of phenols is 2. The lowest BCUT2D eigenvalue weighted by molar-refractivity contribution is -0.123. The molecule has 0 spiro atoms. The van der Waals surface area contributed by atoms with Crippen molar-refractivity contribution in [2.45, 2.75) is 37.9 Å².